The van der Waals surface area contributed by atoms with Crippen LogP contribution in [0.5, 0.6) is 0 Å². The summed E-state index contributed by atoms with van der Waals surface area (Å²) in [6.45, 7) is 1.83. The lowest BCUT2D eigenvalue weighted by Crippen LogP contribution is -2.58. The molecule has 4 nitrogen and oxygen atoms in total. The van der Waals surface area contributed by atoms with Gasteiger partial charge in [0.2, 0.25) is 11.8 Å². The Kier molecular flexibility index (Phi) is 3.78. The highest BCUT2D eigenvalue weighted by atomic mass is 35.5. The summed E-state index contributed by atoms with van der Waals surface area (Å²) in [4.78, 5) is 25.2. The van der Waals surface area contributed by atoms with Crippen molar-refractivity contribution in [3.8, 4) is 0 Å². The number of carbonyl (C=O) groups excluding carboxylic acids is 2. The molecule has 1 aliphatic heterocycles. The van der Waals surface area contributed by atoms with Gasteiger partial charge in [-0.15, -0.1) is 0 Å². The van der Waals surface area contributed by atoms with E-state index in [9.17, 15) is 9.59 Å². The average Bonchev–Trinajstić information content (AvgIpc) is 2.36. The second-order valence-electron chi connectivity index (χ2n) is 3.98. The van der Waals surface area contributed by atoms with Gasteiger partial charge in [-0.25, -0.2) is 0 Å². The normalized spacial score (nSPS) is 19.9. The number of halogens is 2. The summed E-state index contributed by atoms with van der Waals surface area (Å²) >= 11 is 12.0. The smallest absolute Gasteiger partial charge is 0.247 e. The molecule has 0 saturated carbocycles. The highest BCUT2D eigenvalue weighted by molar-refractivity contribution is 6.44. The number of piperazine rings is 1. The molecule has 2 rings (SSSR count). The molecule has 0 spiro atoms. The van der Waals surface area contributed by atoms with E-state index < -0.39 is 6.04 Å². The third-order valence-electron chi connectivity index (χ3n) is 2.87. The second-order valence-corrected chi connectivity index (χ2v) is 4.76. The fourth-order valence-electron chi connectivity index (χ4n) is 2.01. The Bertz CT molecular complexity index is 505. The predicted molar refractivity (Wildman–Crippen MR) is 71.0 cm³/mol. The Labute approximate surface area is 115 Å². The van der Waals surface area contributed by atoms with Crippen LogP contribution in [-0.2, 0) is 9.59 Å². The van der Waals surface area contributed by atoms with E-state index in [1.54, 1.807) is 18.2 Å². The van der Waals surface area contributed by atoms with Gasteiger partial charge in [-0.05, 0) is 18.6 Å². The molecule has 0 bridgehead atoms. The molecular weight excluding hydrogens is 275 g/mol. The standard InChI is InChI=1S/C12H12Cl2N2O2/c1-2-8-12(18)15-6-10(17)16(8)9-5-3-4-7(13)11(9)14/h3-5,8H,2,6H2,1H3,(H,15,18). The van der Waals surface area contributed by atoms with Crippen LogP contribution in [0.1, 0.15) is 13.3 Å². The van der Waals surface area contributed by atoms with Gasteiger partial charge in [0.15, 0.2) is 0 Å². The van der Waals surface area contributed by atoms with Crippen molar-refractivity contribution in [2.75, 3.05) is 11.4 Å². The van der Waals surface area contributed by atoms with E-state index in [4.69, 9.17) is 23.2 Å². The molecule has 0 aliphatic carbocycles. The van der Waals surface area contributed by atoms with Crippen LogP contribution < -0.4 is 10.2 Å². The maximum atomic E-state index is 12.0. The minimum Gasteiger partial charge on any atom is -0.345 e. The van der Waals surface area contributed by atoms with Crippen molar-refractivity contribution in [2.45, 2.75) is 19.4 Å². The lowest BCUT2D eigenvalue weighted by atomic mass is 10.1. The highest BCUT2D eigenvalue weighted by Crippen LogP contribution is 2.34. The lowest BCUT2D eigenvalue weighted by molar-refractivity contribution is -0.131. The third-order valence-corrected chi connectivity index (χ3v) is 3.68. The summed E-state index contributed by atoms with van der Waals surface area (Å²) in [5.74, 6) is -0.362. The van der Waals surface area contributed by atoms with Gasteiger partial charge >= 0.3 is 0 Å². The molecule has 1 aliphatic rings. The van der Waals surface area contributed by atoms with Crippen molar-refractivity contribution in [1.29, 1.82) is 0 Å². The molecule has 96 valence electrons. The van der Waals surface area contributed by atoms with Crippen molar-refractivity contribution >= 4 is 40.7 Å². The van der Waals surface area contributed by atoms with Gasteiger partial charge in [-0.3, -0.25) is 14.5 Å². The van der Waals surface area contributed by atoms with Gasteiger partial charge in [0.25, 0.3) is 0 Å². The van der Waals surface area contributed by atoms with E-state index >= 15 is 0 Å². The summed E-state index contributed by atoms with van der Waals surface area (Å²) in [7, 11) is 0. The van der Waals surface area contributed by atoms with Crippen molar-refractivity contribution in [1.82, 2.24) is 5.32 Å². The number of carbonyl (C=O) groups is 2. The molecular formula is C12H12Cl2N2O2. The molecule has 1 heterocycles. The molecule has 1 unspecified atom stereocenters. The number of hydrogen-bond donors (Lipinski definition) is 1. The van der Waals surface area contributed by atoms with E-state index in [1.165, 1.54) is 4.90 Å². The Morgan fingerprint density at radius 3 is 2.78 bits per heavy atom. The molecule has 0 aromatic heterocycles. The molecule has 0 radical (unpaired) electrons. The number of rotatable bonds is 2. The Morgan fingerprint density at radius 1 is 1.39 bits per heavy atom. The predicted octanol–water partition coefficient (Wildman–Crippen LogP) is 2.23. The van der Waals surface area contributed by atoms with Crippen LogP contribution in [0.25, 0.3) is 0 Å². The topological polar surface area (TPSA) is 49.4 Å². The van der Waals surface area contributed by atoms with Gasteiger partial charge in [0.05, 0.1) is 22.3 Å². The largest absolute Gasteiger partial charge is 0.345 e. The molecule has 6 heteroatoms. The van der Waals surface area contributed by atoms with Gasteiger partial charge < -0.3 is 5.32 Å². The average molecular weight is 287 g/mol. The van der Waals surface area contributed by atoms with E-state index in [0.717, 1.165) is 0 Å². The minimum atomic E-state index is -0.540. The molecule has 18 heavy (non-hydrogen) atoms. The first-order valence-electron chi connectivity index (χ1n) is 5.60. The first kappa shape index (κ1) is 13.2. The van der Waals surface area contributed by atoms with E-state index in [0.29, 0.717) is 22.2 Å². The molecule has 1 fully saturated rings. The lowest BCUT2D eigenvalue weighted by Gasteiger charge is -2.34. The monoisotopic (exact) mass is 286 g/mol. The Hall–Kier alpha value is -1.26. The van der Waals surface area contributed by atoms with Crippen LogP contribution in [0.4, 0.5) is 5.69 Å². The van der Waals surface area contributed by atoms with E-state index in [2.05, 4.69) is 5.32 Å². The van der Waals surface area contributed by atoms with Crippen LogP contribution in [0.3, 0.4) is 0 Å². The van der Waals surface area contributed by atoms with Crippen molar-refractivity contribution in [3.05, 3.63) is 28.2 Å². The van der Waals surface area contributed by atoms with Crippen molar-refractivity contribution in [2.24, 2.45) is 0 Å². The summed E-state index contributed by atoms with van der Waals surface area (Å²) in [6, 6.07) is 4.49. The van der Waals surface area contributed by atoms with Crippen LogP contribution in [-0.4, -0.2) is 24.4 Å². The maximum absolute atomic E-state index is 12.0. The zero-order valence-corrected chi connectivity index (χ0v) is 11.3. The number of nitrogens with one attached hydrogen (secondary N) is 1. The zero-order valence-electron chi connectivity index (χ0n) is 9.74. The molecule has 1 saturated heterocycles. The van der Waals surface area contributed by atoms with Crippen molar-refractivity contribution < 1.29 is 9.59 Å². The number of nitrogens with zero attached hydrogens (tertiary/aromatic N) is 1. The van der Waals surface area contributed by atoms with Crippen LogP contribution in [0.2, 0.25) is 10.0 Å². The minimum absolute atomic E-state index is 0.0157. The summed E-state index contributed by atoms with van der Waals surface area (Å²) in [5.41, 5.74) is 0.482. The molecule has 1 N–H and O–H groups in total. The van der Waals surface area contributed by atoms with E-state index in [1.807, 2.05) is 6.92 Å². The molecule has 2 amide bonds. The van der Waals surface area contributed by atoms with Gasteiger partial charge in [-0.1, -0.05) is 36.2 Å². The molecule has 1 aromatic carbocycles. The quantitative estimate of drug-likeness (QED) is 0.906. The van der Waals surface area contributed by atoms with Crippen LogP contribution in [0, 0.1) is 0 Å². The number of hydrogen-bond acceptors (Lipinski definition) is 2. The Balaban J connectivity index is 2.48. The number of benzene rings is 1. The third kappa shape index (κ3) is 2.18. The fraction of sp³-hybridized carbons (Fsp3) is 0.333. The zero-order chi connectivity index (χ0) is 13.3. The van der Waals surface area contributed by atoms with Gasteiger partial charge in [0, 0.05) is 0 Å². The van der Waals surface area contributed by atoms with Gasteiger partial charge in [-0.2, -0.15) is 0 Å². The first-order chi connectivity index (χ1) is 8.56. The maximum Gasteiger partial charge on any atom is 0.247 e. The van der Waals surface area contributed by atoms with Gasteiger partial charge in [0.1, 0.15) is 6.04 Å². The fourth-order valence-corrected chi connectivity index (χ4v) is 2.39. The van der Waals surface area contributed by atoms with Crippen molar-refractivity contribution in [3.63, 3.8) is 0 Å². The highest BCUT2D eigenvalue weighted by Gasteiger charge is 2.35. The van der Waals surface area contributed by atoms with E-state index in [-0.39, 0.29) is 18.4 Å². The molecule has 1 aromatic rings. The van der Waals surface area contributed by atoms with Crippen LogP contribution >= 0.6 is 23.2 Å². The Morgan fingerprint density at radius 2 is 2.11 bits per heavy atom. The SMILES string of the molecule is CCC1C(=O)NCC(=O)N1c1cccc(Cl)c1Cl. The summed E-state index contributed by atoms with van der Waals surface area (Å²) < 4.78 is 0. The number of anilines is 1. The van der Waals surface area contributed by atoms with Crippen LogP contribution in [0.15, 0.2) is 18.2 Å². The first-order valence-corrected chi connectivity index (χ1v) is 6.35. The number of amides is 2. The molecule has 1 atom stereocenters. The summed E-state index contributed by atoms with van der Waals surface area (Å²) in [6.07, 6.45) is 0.514. The second kappa shape index (κ2) is 5.16. The summed E-state index contributed by atoms with van der Waals surface area (Å²) in [5, 5.41) is 3.22.